The molecule has 25 heavy (non-hydrogen) atoms. The van der Waals surface area contributed by atoms with Gasteiger partial charge in [-0.1, -0.05) is 0 Å². The van der Waals surface area contributed by atoms with Gasteiger partial charge >= 0.3 is 5.69 Å². The molecule has 3 N–H and O–H groups in total. The Bertz CT molecular complexity index is 967. The third kappa shape index (κ3) is 3.10. The summed E-state index contributed by atoms with van der Waals surface area (Å²) < 4.78 is 2.12. The maximum Gasteiger partial charge on any atom is 0.323 e. The van der Waals surface area contributed by atoms with Gasteiger partial charge in [0.1, 0.15) is 0 Å². The van der Waals surface area contributed by atoms with Gasteiger partial charge in [0.2, 0.25) is 5.91 Å². The molecule has 2 aromatic heterocycles. The lowest BCUT2D eigenvalue weighted by atomic mass is 10.1. The van der Waals surface area contributed by atoms with E-state index in [-0.39, 0.29) is 17.6 Å². The van der Waals surface area contributed by atoms with Crippen LogP contribution in [0.2, 0.25) is 0 Å². The first kappa shape index (κ1) is 15.7. The second-order valence-corrected chi connectivity index (χ2v) is 6.56. The maximum atomic E-state index is 12.5. The van der Waals surface area contributed by atoms with E-state index < -0.39 is 0 Å². The molecular weight excluding hydrogens is 318 g/mol. The highest BCUT2D eigenvalue weighted by atomic mass is 16.2. The Balaban J connectivity index is 1.45. The van der Waals surface area contributed by atoms with Gasteiger partial charge in [-0.25, -0.2) is 4.79 Å². The van der Waals surface area contributed by atoms with Crippen molar-refractivity contribution in [3.63, 3.8) is 0 Å². The molecule has 0 saturated carbocycles. The summed E-state index contributed by atoms with van der Waals surface area (Å²) in [4.78, 5) is 31.4. The third-order valence-electron chi connectivity index (χ3n) is 4.84. The van der Waals surface area contributed by atoms with Crippen molar-refractivity contribution >= 4 is 22.6 Å². The monoisotopic (exact) mass is 339 g/mol. The van der Waals surface area contributed by atoms with Crippen LogP contribution < -0.4 is 11.0 Å². The summed E-state index contributed by atoms with van der Waals surface area (Å²) in [6, 6.07) is 9.79. The largest absolute Gasteiger partial charge is 0.353 e. The van der Waals surface area contributed by atoms with Gasteiger partial charge in [0.25, 0.3) is 0 Å². The van der Waals surface area contributed by atoms with Crippen molar-refractivity contribution in [3.8, 4) is 0 Å². The lowest BCUT2D eigenvalue weighted by Gasteiger charge is -2.24. The number of aromatic nitrogens is 3. The van der Waals surface area contributed by atoms with Crippen molar-refractivity contribution in [3.05, 3.63) is 52.7 Å². The highest BCUT2D eigenvalue weighted by molar-refractivity contribution is 5.94. The van der Waals surface area contributed by atoms with Crippen LogP contribution in [0.25, 0.3) is 11.0 Å². The van der Waals surface area contributed by atoms with Gasteiger partial charge < -0.3 is 19.9 Å². The number of fused-ring (bicyclic) bond motifs is 1. The second kappa shape index (κ2) is 6.25. The van der Waals surface area contributed by atoms with Crippen molar-refractivity contribution in [2.24, 2.45) is 7.05 Å². The molecule has 0 bridgehead atoms. The van der Waals surface area contributed by atoms with Gasteiger partial charge in [-0.05, 0) is 49.7 Å². The molecule has 1 aliphatic rings. The molecular formula is C18H21N5O2. The average Bonchev–Trinajstić information content (AvgIpc) is 3.26. The van der Waals surface area contributed by atoms with Crippen molar-refractivity contribution < 1.29 is 4.79 Å². The number of rotatable bonds is 4. The number of amides is 1. The summed E-state index contributed by atoms with van der Waals surface area (Å²) in [5, 5.41) is 2.93. The molecule has 1 aromatic carbocycles. The molecule has 3 heterocycles. The number of hydrogen-bond acceptors (Lipinski definition) is 3. The number of hydrogen-bond donors (Lipinski definition) is 3. The third-order valence-corrected chi connectivity index (χ3v) is 4.84. The number of nitrogens with one attached hydrogen (secondary N) is 3. The maximum absolute atomic E-state index is 12.5. The number of H-pyrrole nitrogens is 2. The Morgan fingerprint density at radius 2 is 2.12 bits per heavy atom. The summed E-state index contributed by atoms with van der Waals surface area (Å²) in [7, 11) is 2.04. The molecule has 1 amide bonds. The van der Waals surface area contributed by atoms with Gasteiger partial charge in [-0.2, -0.15) is 0 Å². The Morgan fingerprint density at radius 1 is 1.28 bits per heavy atom. The van der Waals surface area contributed by atoms with Crippen LogP contribution in [0.4, 0.5) is 5.69 Å². The fourth-order valence-corrected chi connectivity index (χ4v) is 3.67. The zero-order chi connectivity index (χ0) is 17.4. The molecule has 3 aromatic rings. The highest BCUT2D eigenvalue weighted by Gasteiger charge is 2.28. The van der Waals surface area contributed by atoms with E-state index in [0.29, 0.717) is 17.7 Å². The summed E-state index contributed by atoms with van der Waals surface area (Å²) >= 11 is 0. The summed E-state index contributed by atoms with van der Waals surface area (Å²) in [5.41, 5.74) is 3.09. The Hall–Kier alpha value is -2.80. The fourth-order valence-electron chi connectivity index (χ4n) is 3.67. The molecule has 1 aliphatic heterocycles. The van der Waals surface area contributed by atoms with E-state index in [0.717, 1.165) is 24.9 Å². The zero-order valence-corrected chi connectivity index (χ0v) is 14.1. The molecule has 7 heteroatoms. The van der Waals surface area contributed by atoms with Gasteiger partial charge in [0.05, 0.1) is 23.6 Å². The molecule has 0 unspecified atom stereocenters. The summed E-state index contributed by atoms with van der Waals surface area (Å²) in [6.45, 7) is 1.28. The van der Waals surface area contributed by atoms with E-state index >= 15 is 0 Å². The Labute approximate surface area is 144 Å². The predicted octanol–water partition coefficient (Wildman–Crippen LogP) is 1.97. The fraction of sp³-hybridized carbons (Fsp3) is 0.333. The van der Waals surface area contributed by atoms with Crippen LogP contribution >= 0.6 is 0 Å². The molecule has 1 saturated heterocycles. The molecule has 0 aliphatic carbocycles. The van der Waals surface area contributed by atoms with Gasteiger partial charge in [0.15, 0.2) is 0 Å². The first-order valence-corrected chi connectivity index (χ1v) is 8.47. The Morgan fingerprint density at radius 3 is 2.92 bits per heavy atom. The van der Waals surface area contributed by atoms with E-state index in [9.17, 15) is 9.59 Å². The smallest absolute Gasteiger partial charge is 0.323 e. The molecule has 130 valence electrons. The van der Waals surface area contributed by atoms with Crippen molar-refractivity contribution in [2.75, 3.05) is 18.4 Å². The number of carbonyl (C=O) groups is 1. The highest BCUT2D eigenvalue weighted by Crippen LogP contribution is 2.31. The lowest BCUT2D eigenvalue weighted by Crippen LogP contribution is -2.33. The van der Waals surface area contributed by atoms with Crippen LogP contribution in [0, 0.1) is 0 Å². The topological polar surface area (TPSA) is 85.9 Å². The van der Waals surface area contributed by atoms with E-state index in [4.69, 9.17) is 0 Å². The second-order valence-electron chi connectivity index (χ2n) is 6.56. The summed E-state index contributed by atoms with van der Waals surface area (Å²) in [6.07, 6.45) is 4.21. The minimum Gasteiger partial charge on any atom is -0.353 e. The van der Waals surface area contributed by atoms with E-state index in [1.165, 1.54) is 5.69 Å². The van der Waals surface area contributed by atoms with Crippen LogP contribution in [0.1, 0.15) is 24.6 Å². The first-order valence-electron chi connectivity index (χ1n) is 8.47. The van der Waals surface area contributed by atoms with Gasteiger partial charge in [-0.3, -0.25) is 9.69 Å². The number of anilines is 1. The average molecular weight is 339 g/mol. The number of nitrogens with zero attached hydrogens (tertiary/aromatic N) is 2. The van der Waals surface area contributed by atoms with Crippen molar-refractivity contribution in [1.82, 2.24) is 19.4 Å². The number of imidazole rings is 1. The molecule has 1 fully saturated rings. The number of likely N-dealkylation sites (tertiary alicyclic amines) is 1. The minimum absolute atomic E-state index is 0.0432. The molecule has 7 nitrogen and oxygen atoms in total. The van der Waals surface area contributed by atoms with Crippen LogP contribution in [0.3, 0.4) is 0 Å². The minimum atomic E-state index is -0.249. The molecule has 0 radical (unpaired) electrons. The van der Waals surface area contributed by atoms with Gasteiger partial charge in [-0.15, -0.1) is 0 Å². The van der Waals surface area contributed by atoms with E-state index in [2.05, 4.69) is 30.8 Å². The van der Waals surface area contributed by atoms with E-state index in [1.807, 2.05) is 19.3 Å². The van der Waals surface area contributed by atoms with Crippen LogP contribution in [-0.4, -0.2) is 38.4 Å². The SMILES string of the molecule is Cn1cccc1[C@@H]1CCCN1CC(=O)Nc1ccc2[nH]c(=O)[nH]c2c1. The molecule has 4 rings (SSSR count). The lowest BCUT2D eigenvalue weighted by molar-refractivity contribution is -0.117. The number of benzene rings is 1. The van der Waals surface area contributed by atoms with Crippen LogP contribution in [-0.2, 0) is 11.8 Å². The molecule has 1 atom stereocenters. The quantitative estimate of drug-likeness (QED) is 0.679. The van der Waals surface area contributed by atoms with Crippen molar-refractivity contribution in [1.29, 1.82) is 0 Å². The standard InChI is InChI=1S/C18H21N5O2/c1-22-8-2-4-15(22)16-5-3-9-23(16)11-17(24)19-12-6-7-13-14(10-12)21-18(25)20-13/h2,4,6-8,10,16H,3,5,9,11H2,1H3,(H,19,24)(H2,20,21,25)/t16-/m0/s1. The summed E-state index contributed by atoms with van der Waals surface area (Å²) in [5.74, 6) is -0.0432. The van der Waals surface area contributed by atoms with E-state index in [1.54, 1.807) is 18.2 Å². The normalized spacial score (nSPS) is 18.0. The molecule has 0 spiro atoms. The predicted molar refractivity (Wildman–Crippen MR) is 96.5 cm³/mol. The van der Waals surface area contributed by atoms with Crippen molar-refractivity contribution in [2.45, 2.75) is 18.9 Å². The number of carbonyl (C=O) groups excluding carboxylic acids is 1. The van der Waals surface area contributed by atoms with Gasteiger partial charge in [0, 0.05) is 24.6 Å². The Kier molecular flexibility index (Phi) is 3.93. The number of aryl methyl sites for hydroxylation is 1. The van der Waals surface area contributed by atoms with Crippen LogP contribution in [0.5, 0.6) is 0 Å². The number of aromatic amines is 2. The zero-order valence-electron chi connectivity index (χ0n) is 14.1. The first-order chi connectivity index (χ1) is 12.1. The van der Waals surface area contributed by atoms with Crippen LogP contribution in [0.15, 0.2) is 41.3 Å².